The SMILES string of the molecule is Cl.Cl.O=C(NC1CCNCC1)C1CCOCC1. The summed E-state index contributed by atoms with van der Waals surface area (Å²) in [6.45, 7) is 3.53. The molecule has 0 aromatic carbocycles. The van der Waals surface area contributed by atoms with Gasteiger partial charge in [0.1, 0.15) is 0 Å². The van der Waals surface area contributed by atoms with Gasteiger partial charge in [-0.3, -0.25) is 4.79 Å². The van der Waals surface area contributed by atoms with Crippen LogP contribution >= 0.6 is 24.8 Å². The molecule has 0 atom stereocenters. The lowest BCUT2D eigenvalue weighted by Crippen LogP contribution is -2.45. The van der Waals surface area contributed by atoms with Gasteiger partial charge in [0.25, 0.3) is 0 Å². The number of hydrogen-bond donors (Lipinski definition) is 2. The summed E-state index contributed by atoms with van der Waals surface area (Å²) in [5, 5.41) is 6.45. The molecule has 0 aliphatic carbocycles. The van der Waals surface area contributed by atoms with Gasteiger partial charge in [-0.1, -0.05) is 0 Å². The van der Waals surface area contributed by atoms with Crippen molar-refractivity contribution in [3.63, 3.8) is 0 Å². The molecule has 4 nitrogen and oxygen atoms in total. The van der Waals surface area contributed by atoms with Crippen molar-refractivity contribution in [2.45, 2.75) is 31.7 Å². The zero-order valence-corrected chi connectivity index (χ0v) is 11.6. The normalized spacial score (nSPS) is 22.1. The first kappa shape index (κ1) is 17.0. The maximum absolute atomic E-state index is 11.9. The highest BCUT2D eigenvalue weighted by Gasteiger charge is 2.24. The number of carbonyl (C=O) groups excluding carboxylic acids is 1. The lowest BCUT2D eigenvalue weighted by Gasteiger charge is -2.27. The van der Waals surface area contributed by atoms with Crippen molar-refractivity contribution in [3.8, 4) is 0 Å². The van der Waals surface area contributed by atoms with Crippen molar-refractivity contribution in [3.05, 3.63) is 0 Å². The second kappa shape index (κ2) is 8.97. The van der Waals surface area contributed by atoms with Crippen molar-refractivity contribution in [2.75, 3.05) is 26.3 Å². The quantitative estimate of drug-likeness (QED) is 0.799. The average molecular weight is 285 g/mol. The number of nitrogens with one attached hydrogen (secondary N) is 2. The van der Waals surface area contributed by atoms with Crippen LogP contribution in [0.25, 0.3) is 0 Å². The highest BCUT2D eigenvalue weighted by Crippen LogP contribution is 2.15. The number of halogens is 2. The van der Waals surface area contributed by atoms with Crippen LogP contribution in [0.3, 0.4) is 0 Å². The zero-order valence-electron chi connectivity index (χ0n) is 9.94. The molecule has 102 valence electrons. The van der Waals surface area contributed by atoms with Crippen LogP contribution in [0, 0.1) is 5.92 Å². The van der Waals surface area contributed by atoms with Gasteiger partial charge in [0.05, 0.1) is 0 Å². The Morgan fingerprint density at radius 3 is 2.24 bits per heavy atom. The van der Waals surface area contributed by atoms with E-state index in [1.807, 2.05) is 0 Å². The second-order valence-corrected chi connectivity index (χ2v) is 4.42. The van der Waals surface area contributed by atoms with Crippen molar-refractivity contribution >= 4 is 30.7 Å². The largest absolute Gasteiger partial charge is 0.381 e. The van der Waals surface area contributed by atoms with Crippen LogP contribution in [-0.2, 0) is 9.53 Å². The third-order valence-corrected chi connectivity index (χ3v) is 3.28. The van der Waals surface area contributed by atoms with Gasteiger partial charge in [0, 0.05) is 25.2 Å². The van der Waals surface area contributed by atoms with Crippen molar-refractivity contribution < 1.29 is 9.53 Å². The number of rotatable bonds is 2. The third kappa shape index (κ3) is 5.42. The van der Waals surface area contributed by atoms with Crippen LogP contribution in [-0.4, -0.2) is 38.3 Å². The summed E-state index contributed by atoms with van der Waals surface area (Å²) in [5.41, 5.74) is 0. The number of ether oxygens (including phenoxy) is 1. The van der Waals surface area contributed by atoms with Crippen molar-refractivity contribution in [1.82, 2.24) is 10.6 Å². The highest BCUT2D eigenvalue weighted by molar-refractivity contribution is 5.85. The lowest BCUT2D eigenvalue weighted by atomic mass is 9.98. The molecule has 2 fully saturated rings. The molecule has 1 amide bonds. The van der Waals surface area contributed by atoms with Crippen molar-refractivity contribution in [2.24, 2.45) is 5.92 Å². The first-order valence-electron chi connectivity index (χ1n) is 5.95. The van der Waals surface area contributed by atoms with E-state index in [4.69, 9.17) is 4.74 Å². The van der Waals surface area contributed by atoms with E-state index < -0.39 is 0 Å². The summed E-state index contributed by atoms with van der Waals surface area (Å²) in [6, 6.07) is 0.390. The van der Waals surface area contributed by atoms with Gasteiger partial charge in [0.15, 0.2) is 0 Å². The Kier molecular flexibility index (Phi) is 8.96. The van der Waals surface area contributed by atoms with Gasteiger partial charge >= 0.3 is 0 Å². The molecular formula is C11H22Cl2N2O2. The predicted octanol–water partition coefficient (Wildman–Crippen LogP) is 1.12. The molecule has 0 spiro atoms. The molecule has 2 N–H and O–H groups in total. The van der Waals surface area contributed by atoms with Gasteiger partial charge in [-0.05, 0) is 38.8 Å². The second-order valence-electron chi connectivity index (χ2n) is 4.42. The minimum absolute atomic E-state index is 0. The fraction of sp³-hybridized carbons (Fsp3) is 0.909. The maximum Gasteiger partial charge on any atom is 0.223 e. The topological polar surface area (TPSA) is 50.4 Å². The number of carbonyl (C=O) groups is 1. The van der Waals surface area contributed by atoms with E-state index in [0.29, 0.717) is 6.04 Å². The van der Waals surface area contributed by atoms with Crippen LogP contribution in [0.2, 0.25) is 0 Å². The van der Waals surface area contributed by atoms with Crippen LogP contribution in [0.4, 0.5) is 0 Å². The third-order valence-electron chi connectivity index (χ3n) is 3.28. The summed E-state index contributed by atoms with van der Waals surface area (Å²) in [7, 11) is 0. The Hall–Kier alpha value is -0.0300. The van der Waals surface area contributed by atoms with E-state index in [1.165, 1.54) is 0 Å². The number of hydrogen-bond acceptors (Lipinski definition) is 3. The van der Waals surface area contributed by atoms with Crippen LogP contribution in [0.1, 0.15) is 25.7 Å². The van der Waals surface area contributed by atoms with E-state index >= 15 is 0 Å². The molecule has 17 heavy (non-hydrogen) atoms. The standard InChI is InChI=1S/C11H20N2O2.2ClH/c14-11(9-3-7-15-8-4-9)13-10-1-5-12-6-2-10;;/h9-10,12H,1-8H2,(H,13,14);2*1H. The van der Waals surface area contributed by atoms with Crippen LogP contribution in [0.5, 0.6) is 0 Å². The minimum Gasteiger partial charge on any atom is -0.381 e. The maximum atomic E-state index is 11.9. The summed E-state index contributed by atoms with van der Waals surface area (Å²) in [5.74, 6) is 0.429. The van der Waals surface area contributed by atoms with Crippen molar-refractivity contribution in [1.29, 1.82) is 0 Å². The fourth-order valence-electron chi connectivity index (χ4n) is 2.25. The predicted molar refractivity (Wildman–Crippen MR) is 72.1 cm³/mol. The molecule has 6 heteroatoms. The summed E-state index contributed by atoms with van der Waals surface area (Å²) >= 11 is 0. The smallest absolute Gasteiger partial charge is 0.223 e. The lowest BCUT2D eigenvalue weighted by molar-refractivity contribution is -0.128. The Morgan fingerprint density at radius 1 is 1.06 bits per heavy atom. The molecule has 0 radical (unpaired) electrons. The van der Waals surface area contributed by atoms with Gasteiger partial charge in [0.2, 0.25) is 5.91 Å². The van der Waals surface area contributed by atoms with E-state index in [-0.39, 0.29) is 36.6 Å². The van der Waals surface area contributed by atoms with Gasteiger partial charge in [-0.2, -0.15) is 0 Å². The van der Waals surface area contributed by atoms with E-state index in [9.17, 15) is 4.79 Å². The molecule has 0 unspecified atom stereocenters. The van der Waals surface area contributed by atoms with Crippen LogP contribution < -0.4 is 10.6 Å². The number of amides is 1. The molecule has 2 aliphatic heterocycles. The monoisotopic (exact) mass is 284 g/mol. The Bertz CT molecular complexity index is 218. The van der Waals surface area contributed by atoms with Gasteiger partial charge < -0.3 is 15.4 Å². The van der Waals surface area contributed by atoms with Gasteiger partial charge in [-0.25, -0.2) is 0 Å². The zero-order chi connectivity index (χ0) is 10.5. The summed E-state index contributed by atoms with van der Waals surface area (Å²) in [4.78, 5) is 11.9. The molecule has 2 rings (SSSR count). The van der Waals surface area contributed by atoms with Crippen LogP contribution in [0.15, 0.2) is 0 Å². The molecule has 2 aliphatic rings. The van der Waals surface area contributed by atoms with E-state index in [1.54, 1.807) is 0 Å². The van der Waals surface area contributed by atoms with Gasteiger partial charge in [-0.15, -0.1) is 24.8 Å². The Morgan fingerprint density at radius 2 is 1.65 bits per heavy atom. The van der Waals surface area contributed by atoms with E-state index in [2.05, 4.69) is 10.6 Å². The Labute approximate surface area is 115 Å². The number of piperidine rings is 1. The molecule has 0 aromatic rings. The molecule has 2 saturated heterocycles. The molecular weight excluding hydrogens is 263 g/mol. The molecule has 0 bridgehead atoms. The summed E-state index contributed by atoms with van der Waals surface area (Å²) < 4.78 is 5.25. The first-order valence-corrected chi connectivity index (χ1v) is 5.95. The minimum atomic E-state index is 0. The fourth-order valence-corrected chi connectivity index (χ4v) is 2.25. The molecule has 2 heterocycles. The summed E-state index contributed by atoms with van der Waals surface area (Å²) in [6.07, 6.45) is 3.90. The molecule has 0 aromatic heterocycles. The highest BCUT2D eigenvalue weighted by atomic mass is 35.5. The first-order chi connectivity index (χ1) is 7.36. The molecule has 0 saturated carbocycles. The average Bonchev–Trinajstić information content (AvgIpc) is 2.31. The van der Waals surface area contributed by atoms with E-state index in [0.717, 1.165) is 52.0 Å². The Balaban J connectivity index is 0.00000128.